The van der Waals surface area contributed by atoms with Crippen LogP contribution >= 0.6 is 11.6 Å². The van der Waals surface area contributed by atoms with Crippen molar-refractivity contribution in [3.63, 3.8) is 0 Å². The molecule has 2 aromatic rings. The lowest BCUT2D eigenvalue weighted by atomic mass is 10.0. The van der Waals surface area contributed by atoms with Crippen LogP contribution in [0.15, 0.2) is 42.5 Å². The van der Waals surface area contributed by atoms with Crippen LogP contribution in [0.4, 0.5) is 11.4 Å². The number of carbonyl (C=O) groups excluding carboxylic acids is 2. The van der Waals surface area contributed by atoms with Gasteiger partial charge in [-0.05, 0) is 36.2 Å². The van der Waals surface area contributed by atoms with Gasteiger partial charge >= 0.3 is 5.97 Å². The Labute approximate surface area is 167 Å². The Morgan fingerprint density at radius 1 is 1.21 bits per heavy atom. The number of hydrogen-bond donors (Lipinski definition) is 2. The van der Waals surface area contributed by atoms with E-state index in [1.54, 1.807) is 12.1 Å². The molecule has 0 bridgehead atoms. The molecule has 2 rings (SSSR count). The number of carbonyl (C=O) groups is 2. The van der Waals surface area contributed by atoms with Gasteiger partial charge in [0, 0.05) is 16.7 Å². The Morgan fingerprint density at radius 2 is 1.89 bits per heavy atom. The highest BCUT2D eigenvalue weighted by Gasteiger charge is 2.20. The fraction of sp³-hybridized carbons (Fsp3) is 0.263. The van der Waals surface area contributed by atoms with E-state index in [4.69, 9.17) is 11.6 Å². The molecule has 0 aliphatic rings. The molecule has 0 aliphatic carbocycles. The predicted molar refractivity (Wildman–Crippen MR) is 106 cm³/mol. The molecular weight excluding hydrogens is 386 g/mol. The lowest BCUT2D eigenvalue weighted by Gasteiger charge is -2.19. The SMILES string of the molecule is CCC(Nc1ccc(C(=O)NCC(=O)OC)cc1[N+](=O)[O-])c1ccc(Cl)cc1. The summed E-state index contributed by atoms with van der Waals surface area (Å²) in [6, 6.07) is 11.1. The highest BCUT2D eigenvalue weighted by molar-refractivity contribution is 6.30. The van der Waals surface area contributed by atoms with Crippen molar-refractivity contribution in [1.29, 1.82) is 0 Å². The molecule has 0 heterocycles. The smallest absolute Gasteiger partial charge is 0.325 e. The Hall–Kier alpha value is -3.13. The van der Waals surface area contributed by atoms with Crippen LogP contribution in [0.3, 0.4) is 0 Å². The average molecular weight is 406 g/mol. The van der Waals surface area contributed by atoms with Gasteiger partial charge in [-0.1, -0.05) is 30.7 Å². The minimum absolute atomic E-state index is 0.0701. The van der Waals surface area contributed by atoms with E-state index < -0.39 is 16.8 Å². The minimum Gasteiger partial charge on any atom is -0.468 e. The number of anilines is 1. The van der Waals surface area contributed by atoms with Crippen molar-refractivity contribution in [2.75, 3.05) is 19.0 Å². The third-order valence-electron chi connectivity index (χ3n) is 4.09. The summed E-state index contributed by atoms with van der Waals surface area (Å²) in [6.07, 6.45) is 0.681. The van der Waals surface area contributed by atoms with Crippen LogP contribution in [0.5, 0.6) is 0 Å². The molecule has 1 unspecified atom stereocenters. The van der Waals surface area contributed by atoms with Gasteiger partial charge in [0.25, 0.3) is 11.6 Å². The number of hydrogen-bond acceptors (Lipinski definition) is 6. The summed E-state index contributed by atoms with van der Waals surface area (Å²) >= 11 is 5.91. The van der Waals surface area contributed by atoms with Gasteiger partial charge in [0.05, 0.1) is 18.1 Å². The number of amides is 1. The largest absolute Gasteiger partial charge is 0.468 e. The van der Waals surface area contributed by atoms with Crippen molar-refractivity contribution in [2.24, 2.45) is 0 Å². The second-order valence-electron chi connectivity index (χ2n) is 5.90. The number of halogens is 1. The maximum absolute atomic E-state index is 12.1. The van der Waals surface area contributed by atoms with Crippen LogP contribution in [0.25, 0.3) is 0 Å². The van der Waals surface area contributed by atoms with Crippen LogP contribution in [0.1, 0.15) is 35.3 Å². The first kappa shape index (κ1) is 21.2. The quantitative estimate of drug-likeness (QED) is 0.393. The molecule has 1 amide bonds. The van der Waals surface area contributed by atoms with Crippen LogP contribution in [0.2, 0.25) is 5.02 Å². The van der Waals surface area contributed by atoms with E-state index in [9.17, 15) is 19.7 Å². The number of esters is 1. The maximum atomic E-state index is 12.1. The zero-order valence-electron chi connectivity index (χ0n) is 15.4. The van der Waals surface area contributed by atoms with E-state index >= 15 is 0 Å². The van der Waals surface area contributed by atoms with E-state index in [0.29, 0.717) is 11.4 Å². The lowest BCUT2D eigenvalue weighted by molar-refractivity contribution is -0.384. The molecule has 2 aromatic carbocycles. The third-order valence-corrected chi connectivity index (χ3v) is 4.34. The normalized spacial score (nSPS) is 11.4. The first-order valence-corrected chi connectivity index (χ1v) is 8.89. The molecule has 0 aromatic heterocycles. The minimum atomic E-state index is -0.616. The number of nitro benzene ring substituents is 1. The molecule has 8 nitrogen and oxygen atoms in total. The standard InChI is InChI=1S/C19H20ClN3O5/c1-3-15(12-4-7-14(20)8-5-12)22-16-9-6-13(10-17(16)23(26)27)19(25)21-11-18(24)28-2/h4-10,15,22H,3,11H2,1-2H3,(H,21,25). The van der Waals surface area contributed by atoms with Gasteiger partial charge in [0.1, 0.15) is 12.2 Å². The summed E-state index contributed by atoms with van der Waals surface area (Å²) in [7, 11) is 1.20. The fourth-order valence-corrected chi connectivity index (χ4v) is 2.70. The zero-order valence-corrected chi connectivity index (χ0v) is 16.2. The topological polar surface area (TPSA) is 111 Å². The lowest BCUT2D eigenvalue weighted by Crippen LogP contribution is -2.30. The number of nitrogens with one attached hydrogen (secondary N) is 2. The monoisotopic (exact) mass is 405 g/mol. The summed E-state index contributed by atoms with van der Waals surface area (Å²) in [5.41, 5.74) is 1.05. The number of nitro groups is 1. The molecule has 0 spiro atoms. The van der Waals surface area contributed by atoms with E-state index in [2.05, 4.69) is 15.4 Å². The molecule has 0 aliphatic heterocycles. The van der Waals surface area contributed by atoms with Crippen molar-refractivity contribution < 1.29 is 19.2 Å². The Kier molecular flexibility index (Phi) is 7.34. The molecule has 0 fully saturated rings. The second-order valence-corrected chi connectivity index (χ2v) is 6.34. The number of benzene rings is 2. The first-order valence-electron chi connectivity index (χ1n) is 8.51. The number of ether oxygens (including phenoxy) is 1. The molecule has 2 N–H and O–H groups in total. The third kappa shape index (κ3) is 5.43. The predicted octanol–water partition coefficient (Wildman–Crippen LogP) is 3.71. The summed E-state index contributed by atoms with van der Waals surface area (Å²) in [6.45, 7) is 1.63. The van der Waals surface area contributed by atoms with Gasteiger partial charge in [-0.25, -0.2) is 0 Å². The van der Waals surface area contributed by atoms with Gasteiger partial charge in [0.15, 0.2) is 0 Å². The molecule has 148 valence electrons. The second kappa shape index (κ2) is 9.70. The van der Waals surface area contributed by atoms with Gasteiger partial charge in [-0.3, -0.25) is 19.7 Å². The molecule has 9 heteroatoms. The van der Waals surface area contributed by atoms with Gasteiger partial charge < -0.3 is 15.4 Å². The molecule has 0 saturated carbocycles. The van der Waals surface area contributed by atoms with E-state index in [0.717, 1.165) is 5.56 Å². The highest BCUT2D eigenvalue weighted by Crippen LogP contribution is 2.31. The molecule has 28 heavy (non-hydrogen) atoms. The molecular formula is C19H20ClN3O5. The van der Waals surface area contributed by atoms with Crippen molar-refractivity contribution in [2.45, 2.75) is 19.4 Å². The van der Waals surface area contributed by atoms with Crippen molar-refractivity contribution in [3.8, 4) is 0 Å². The summed E-state index contributed by atoms with van der Waals surface area (Å²) in [5, 5.41) is 17.6. The van der Waals surface area contributed by atoms with Crippen LogP contribution < -0.4 is 10.6 Å². The van der Waals surface area contributed by atoms with Crippen molar-refractivity contribution in [3.05, 3.63) is 68.7 Å². The van der Waals surface area contributed by atoms with E-state index in [1.807, 2.05) is 19.1 Å². The zero-order chi connectivity index (χ0) is 20.7. The van der Waals surface area contributed by atoms with Crippen LogP contribution in [0, 0.1) is 10.1 Å². The average Bonchev–Trinajstić information content (AvgIpc) is 2.70. The fourth-order valence-electron chi connectivity index (χ4n) is 2.58. The van der Waals surface area contributed by atoms with Gasteiger partial charge in [0.2, 0.25) is 0 Å². The first-order chi connectivity index (χ1) is 13.3. The Morgan fingerprint density at radius 3 is 2.46 bits per heavy atom. The summed E-state index contributed by atoms with van der Waals surface area (Å²) < 4.78 is 4.44. The van der Waals surface area contributed by atoms with Crippen molar-refractivity contribution in [1.82, 2.24) is 5.32 Å². The van der Waals surface area contributed by atoms with Crippen molar-refractivity contribution >= 4 is 34.9 Å². The summed E-state index contributed by atoms with van der Waals surface area (Å²) in [5.74, 6) is -1.22. The maximum Gasteiger partial charge on any atom is 0.325 e. The number of rotatable bonds is 8. The molecule has 1 atom stereocenters. The van der Waals surface area contributed by atoms with E-state index in [1.165, 1.54) is 25.3 Å². The van der Waals surface area contributed by atoms with E-state index in [-0.39, 0.29) is 29.5 Å². The summed E-state index contributed by atoms with van der Waals surface area (Å²) in [4.78, 5) is 34.2. The van der Waals surface area contributed by atoms with Crippen LogP contribution in [-0.4, -0.2) is 30.5 Å². The highest BCUT2D eigenvalue weighted by atomic mass is 35.5. The molecule has 0 radical (unpaired) electrons. The molecule has 0 saturated heterocycles. The Bertz CT molecular complexity index is 870. The van der Waals surface area contributed by atoms with Gasteiger partial charge in [-0.15, -0.1) is 0 Å². The number of methoxy groups -OCH3 is 1. The number of nitrogens with zero attached hydrogens (tertiary/aromatic N) is 1. The van der Waals surface area contributed by atoms with Crippen LogP contribution in [-0.2, 0) is 9.53 Å². The Balaban J connectivity index is 2.24. The van der Waals surface area contributed by atoms with Gasteiger partial charge in [-0.2, -0.15) is 0 Å².